The number of carbonyl (C=O) groups excluding carboxylic acids is 1. The van der Waals surface area contributed by atoms with Crippen LogP contribution in [0.4, 0.5) is 8.78 Å². The Bertz CT molecular complexity index is 828. The molecule has 2 aromatic rings. The molecule has 1 aliphatic rings. The summed E-state index contributed by atoms with van der Waals surface area (Å²) in [5.74, 6) is -3.13. The lowest BCUT2D eigenvalue weighted by Crippen LogP contribution is -2.47. The molecular formula is C19H23ClF2N2O3. The highest BCUT2D eigenvalue weighted by atomic mass is 35.5. The zero-order valence-corrected chi connectivity index (χ0v) is 15.9. The Morgan fingerprint density at radius 1 is 1.33 bits per heavy atom. The van der Waals surface area contributed by atoms with Crippen molar-refractivity contribution in [3.05, 3.63) is 35.0 Å². The number of fused-ring (bicyclic) bond motifs is 1. The van der Waals surface area contributed by atoms with Crippen LogP contribution in [0.15, 0.2) is 24.4 Å². The molecule has 1 heterocycles. The van der Waals surface area contributed by atoms with Crippen molar-refractivity contribution in [2.45, 2.75) is 43.8 Å². The van der Waals surface area contributed by atoms with Gasteiger partial charge in [-0.05, 0) is 25.0 Å². The van der Waals surface area contributed by atoms with Crippen molar-refractivity contribution < 1.29 is 23.4 Å². The molecule has 0 aliphatic heterocycles. The number of halogens is 3. The number of hydrogen-bond acceptors (Lipinski definition) is 3. The Balaban J connectivity index is 1.78. The van der Waals surface area contributed by atoms with Gasteiger partial charge in [0.15, 0.2) is 0 Å². The molecule has 1 fully saturated rings. The molecule has 0 bridgehead atoms. The average Bonchev–Trinajstić information content (AvgIpc) is 3.01. The van der Waals surface area contributed by atoms with Gasteiger partial charge in [-0.1, -0.05) is 17.7 Å². The number of methoxy groups -OCH3 is 1. The number of ether oxygens (including phenoxy) is 1. The van der Waals surface area contributed by atoms with Crippen molar-refractivity contribution in [3.8, 4) is 0 Å². The fraction of sp³-hybridized carbons (Fsp3) is 0.526. The lowest BCUT2D eigenvalue weighted by molar-refractivity contribution is -0.101. The van der Waals surface area contributed by atoms with Gasteiger partial charge in [-0.3, -0.25) is 4.79 Å². The second kappa shape index (κ2) is 7.73. The van der Waals surface area contributed by atoms with Crippen LogP contribution >= 0.6 is 11.6 Å². The maximum absolute atomic E-state index is 13.3. The maximum atomic E-state index is 13.3. The van der Waals surface area contributed by atoms with Crippen molar-refractivity contribution in [3.63, 3.8) is 0 Å². The van der Waals surface area contributed by atoms with E-state index in [2.05, 4.69) is 5.32 Å². The van der Waals surface area contributed by atoms with E-state index in [9.17, 15) is 18.7 Å². The minimum atomic E-state index is -2.74. The molecule has 0 radical (unpaired) electrons. The molecule has 0 spiro atoms. The van der Waals surface area contributed by atoms with Gasteiger partial charge in [-0.25, -0.2) is 8.78 Å². The van der Waals surface area contributed by atoms with E-state index in [-0.39, 0.29) is 32.2 Å². The molecule has 5 nitrogen and oxygen atoms in total. The van der Waals surface area contributed by atoms with E-state index in [4.69, 9.17) is 16.3 Å². The summed E-state index contributed by atoms with van der Waals surface area (Å²) >= 11 is 6.30. The van der Waals surface area contributed by atoms with E-state index in [0.717, 1.165) is 5.52 Å². The summed E-state index contributed by atoms with van der Waals surface area (Å²) in [5.41, 5.74) is -0.118. The Morgan fingerprint density at radius 2 is 2.04 bits per heavy atom. The van der Waals surface area contributed by atoms with Gasteiger partial charge < -0.3 is 19.7 Å². The van der Waals surface area contributed by atoms with Crippen LogP contribution in [0.2, 0.25) is 5.02 Å². The molecule has 1 aromatic carbocycles. The largest absolute Gasteiger partial charge is 0.388 e. The second-order valence-electron chi connectivity index (χ2n) is 7.13. The summed E-state index contributed by atoms with van der Waals surface area (Å²) in [6.07, 6.45) is 0.861. The maximum Gasteiger partial charge on any atom is 0.253 e. The number of aliphatic hydroxyl groups is 1. The standard InChI is InChI=1S/C19H23ClF2N2O3/c1-27-10-9-24-11-13(16-14(20)3-2-4-15(16)24)17(25)23-12-18(26)5-7-19(21,22)8-6-18/h2-4,11,26H,5-10,12H2,1H3,(H,23,25). The summed E-state index contributed by atoms with van der Waals surface area (Å²) in [5, 5.41) is 14.3. The van der Waals surface area contributed by atoms with E-state index in [0.29, 0.717) is 29.1 Å². The first kappa shape index (κ1) is 20.0. The van der Waals surface area contributed by atoms with Crippen LogP contribution in [0.5, 0.6) is 0 Å². The van der Waals surface area contributed by atoms with Gasteiger partial charge in [0.05, 0.1) is 28.3 Å². The number of nitrogens with zero attached hydrogens (tertiary/aromatic N) is 1. The van der Waals surface area contributed by atoms with Crippen LogP contribution < -0.4 is 5.32 Å². The number of nitrogens with one attached hydrogen (secondary N) is 1. The minimum Gasteiger partial charge on any atom is -0.388 e. The number of hydrogen-bond donors (Lipinski definition) is 2. The van der Waals surface area contributed by atoms with Crippen LogP contribution in [0.25, 0.3) is 10.9 Å². The number of carbonyl (C=O) groups is 1. The lowest BCUT2D eigenvalue weighted by Gasteiger charge is -2.35. The molecule has 0 saturated heterocycles. The molecule has 3 rings (SSSR count). The smallest absolute Gasteiger partial charge is 0.253 e. The summed E-state index contributed by atoms with van der Waals surface area (Å²) in [7, 11) is 1.60. The first-order chi connectivity index (χ1) is 12.7. The second-order valence-corrected chi connectivity index (χ2v) is 7.53. The number of alkyl halides is 2. The summed E-state index contributed by atoms with van der Waals surface area (Å²) < 4.78 is 33.6. The highest BCUT2D eigenvalue weighted by molar-refractivity contribution is 6.36. The van der Waals surface area contributed by atoms with E-state index in [1.165, 1.54) is 0 Å². The topological polar surface area (TPSA) is 63.5 Å². The molecule has 0 unspecified atom stereocenters. The zero-order valence-electron chi connectivity index (χ0n) is 15.1. The Hall–Kier alpha value is -1.70. The van der Waals surface area contributed by atoms with Gasteiger partial charge in [0.2, 0.25) is 5.92 Å². The Kier molecular flexibility index (Phi) is 5.74. The Labute approximate surface area is 161 Å². The Morgan fingerprint density at radius 3 is 2.70 bits per heavy atom. The van der Waals surface area contributed by atoms with Crippen LogP contribution in [0.3, 0.4) is 0 Å². The zero-order chi connectivity index (χ0) is 19.7. The fourth-order valence-electron chi connectivity index (χ4n) is 3.45. The molecule has 27 heavy (non-hydrogen) atoms. The first-order valence-electron chi connectivity index (χ1n) is 8.89. The highest BCUT2D eigenvalue weighted by Crippen LogP contribution is 2.38. The van der Waals surface area contributed by atoms with Crippen molar-refractivity contribution >= 4 is 28.4 Å². The van der Waals surface area contributed by atoms with E-state index >= 15 is 0 Å². The van der Waals surface area contributed by atoms with Crippen LogP contribution in [0.1, 0.15) is 36.0 Å². The van der Waals surface area contributed by atoms with Crippen LogP contribution in [-0.2, 0) is 11.3 Å². The van der Waals surface area contributed by atoms with Gasteiger partial charge in [-0.15, -0.1) is 0 Å². The quantitative estimate of drug-likeness (QED) is 0.778. The van der Waals surface area contributed by atoms with Gasteiger partial charge in [0.25, 0.3) is 5.91 Å². The fourth-order valence-corrected chi connectivity index (χ4v) is 3.72. The molecule has 1 saturated carbocycles. The molecule has 1 aromatic heterocycles. The SMILES string of the molecule is COCCn1cc(C(=O)NCC2(O)CCC(F)(F)CC2)c2c(Cl)cccc21. The minimum absolute atomic E-state index is 0.0450. The number of rotatable bonds is 6. The van der Waals surface area contributed by atoms with Crippen molar-refractivity contribution in [2.24, 2.45) is 0 Å². The summed E-state index contributed by atoms with van der Waals surface area (Å²) in [6.45, 7) is 0.960. The predicted octanol–water partition coefficient (Wildman–Crippen LogP) is 3.61. The van der Waals surface area contributed by atoms with Gasteiger partial charge in [-0.2, -0.15) is 0 Å². The molecule has 0 atom stereocenters. The molecule has 1 amide bonds. The third-order valence-electron chi connectivity index (χ3n) is 5.13. The first-order valence-corrected chi connectivity index (χ1v) is 9.27. The third-order valence-corrected chi connectivity index (χ3v) is 5.44. The molecular weight excluding hydrogens is 378 g/mol. The van der Waals surface area contributed by atoms with Gasteiger partial charge in [0.1, 0.15) is 0 Å². The third kappa shape index (κ3) is 4.42. The highest BCUT2D eigenvalue weighted by Gasteiger charge is 2.42. The monoisotopic (exact) mass is 400 g/mol. The summed E-state index contributed by atoms with van der Waals surface area (Å²) in [6, 6.07) is 5.38. The molecule has 1 aliphatic carbocycles. The van der Waals surface area contributed by atoms with E-state index < -0.39 is 17.4 Å². The van der Waals surface area contributed by atoms with E-state index in [1.807, 2.05) is 10.6 Å². The number of benzene rings is 1. The molecule has 148 valence electrons. The predicted molar refractivity (Wildman–Crippen MR) is 99.5 cm³/mol. The number of amides is 1. The van der Waals surface area contributed by atoms with Crippen molar-refractivity contribution in [1.82, 2.24) is 9.88 Å². The van der Waals surface area contributed by atoms with Crippen LogP contribution in [0, 0.1) is 0 Å². The molecule has 2 N–H and O–H groups in total. The van der Waals surface area contributed by atoms with Gasteiger partial charge in [0, 0.05) is 44.6 Å². The van der Waals surface area contributed by atoms with Crippen molar-refractivity contribution in [2.75, 3.05) is 20.3 Å². The normalized spacial score (nSPS) is 18.6. The molecule has 8 heteroatoms. The lowest BCUT2D eigenvalue weighted by atomic mass is 9.82. The average molecular weight is 401 g/mol. The van der Waals surface area contributed by atoms with Gasteiger partial charge >= 0.3 is 0 Å². The van der Waals surface area contributed by atoms with Crippen LogP contribution in [-0.4, -0.2) is 47.4 Å². The summed E-state index contributed by atoms with van der Waals surface area (Å²) in [4.78, 5) is 12.7. The van der Waals surface area contributed by atoms with Crippen molar-refractivity contribution in [1.29, 1.82) is 0 Å². The number of aromatic nitrogens is 1. The van der Waals surface area contributed by atoms with E-state index in [1.54, 1.807) is 25.4 Å².